The number of phenols is 1. The molecule has 4 heteroatoms. The van der Waals surface area contributed by atoms with E-state index in [1.807, 2.05) is 48.5 Å². The van der Waals surface area contributed by atoms with Crippen molar-refractivity contribution in [3.8, 4) is 11.5 Å². The lowest BCUT2D eigenvalue weighted by Crippen LogP contribution is -2.25. The second kappa shape index (κ2) is 7.16. The maximum Gasteiger partial charge on any atom is 0.307 e. The summed E-state index contributed by atoms with van der Waals surface area (Å²) in [4.78, 5) is 10.9. The van der Waals surface area contributed by atoms with Crippen LogP contribution in [-0.2, 0) is 11.2 Å². The van der Waals surface area contributed by atoms with Crippen LogP contribution in [0.1, 0.15) is 34.1 Å². The molecule has 1 heterocycles. The molecule has 0 amide bonds. The first-order valence-electron chi connectivity index (χ1n) is 8.93. The van der Waals surface area contributed by atoms with Crippen molar-refractivity contribution >= 4 is 5.97 Å². The Kier molecular flexibility index (Phi) is 4.55. The van der Waals surface area contributed by atoms with Gasteiger partial charge in [-0.1, -0.05) is 60.7 Å². The summed E-state index contributed by atoms with van der Waals surface area (Å²) in [7, 11) is 0. The minimum atomic E-state index is -0.836. The van der Waals surface area contributed by atoms with Gasteiger partial charge in [-0.15, -0.1) is 0 Å². The molecule has 2 N–H and O–H groups in total. The standard InChI is InChI=1S/C23H20O4/c24-18-10-11-19-21(13-18)27-14-20(16-4-2-1-3-5-16)23(19)17-8-6-15(7-9-17)12-22(25)26/h1-11,13,20,23-24H,12,14H2,(H,25,26)/t20-,23-/m1/s1. The zero-order valence-electron chi connectivity index (χ0n) is 14.7. The largest absolute Gasteiger partial charge is 0.508 e. The molecule has 4 nitrogen and oxygen atoms in total. The number of aromatic hydroxyl groups is 1. The fourth-order valence-electron chi connectivity index (χ4n) is 3.82. The van der Waals surface area contributed by atoms with Crippen LogP contribution >= 0.6 is 0 Å². The molecule has 136 valence electrons. The van der Waals surface area contributed by atoms with Crippen LogP contribution < -0.4 is 4.74 Å². The summed E-state index contributed by atoms with van der Waals surface area (Å²) in [6.45, 7) is 0.516. The predicted octanol–water partition coefficient (Wildman–Crippen LogP) is 4.33. The zero-order valence-corrected chi connectivity index (χ0v) is 14.7. The first-order chi connectivity index (χ1) is 13.1. The third kappa shape index (κ3) is 3.51. The number of hydrogen-bond acceptors (Lipinski definition) is 3. The Hall–Kier alpha value is -3.27. The van der Waals surface area contributed by atoms with Crippen LogP contribution in [0, 0.1) is 0 Å². The fraction of sp³-hybridized carbons (Fsp3) is 0.174. The van der Waals surface area contributed by atoms with Crippen LogP contribution in [0.2, 0.25) is 0 Å². The van der Waals surface area contributed by atoms with E-state index in [0.29, 0.717) is 12.4 Å². The molecule has 1 aliphatic rings. The Morgan fingerprint density at radius 1 is 0.963 bits per heavy atom. The fourth-order valence-corrected chi connectivity index (χ4v) is 3.82. The number of carboxylic acids is 1. The van der Waals surface area contributed by atoms with Crippen LogP contribution in [0.15, 0.2) is 72.8 Å². The molecule has 3 aromatic rings. The van der Waals surface area contributed by atoms with Gasteiger partial charge in [-0.25, -0.2) is 0 Å². The highest BCUT2D eigenvalue weighted by Gasteiger charge is 2.33. The van der Waals surface area contributed by atoms with Crippen molar-refractivity contribution in [1.82, 2.24) is 0 Å². The van der Waals surface area contributed by atoms with Gasteiger partial charge in [0.05, 0.1) is 13.0 Å². The maximum atomic E-state index is 10.9. The number of rotatable bonds is 4. The molecule has 0 saturated carbocycles. The molecule has 2 atom stereocenters. The van der Waals surface area contributed by atoms with E-state index in [2.05, 4.69) is 12.1 Å². The van der Waals surface area contributed by atoms with Crippen molar-refractivity contribution in [1.29, 1.82) is 0 Å². The molecule has 0 fully saturated rings. The van der Waals surface area contributed by atoms with Crippen LogP contribution in [0.3, 0.4) is 0 Å². The monoisotopic (exact) mass is 360 g/mol. The summed E-state index contributed by atoms with van der Waals surface area (Å²) < 4.78 is 5.96. The van der Waals surface area contributed by atoms with Crippen molar-refractivity contribution in [2.75, 3.05) is 6.61 Å². The Morgan fingerprint density at radius 2 is 1.70 bits per heavy atom. The van der Waals surface area contributed by atoms with E-state index >= 15 is 0 Å². The van der Waals surface area contributed by atoms with E-state index in [4.69, 9.17) is 9.84 Å². The molecule has 27 heavy (non-hydrogen) atoms. The number of fused-ring (bicyclic) bond motifs is 1. The van der Waals surface area contributed by atoms with Gasteiger partial charge in [-0.05, 0) is 22.8 Å². The van der Waals surface area contributed by atoms with Gasteiger partial charge < -0.3 is 14.9 Å². The van der Waals surface area contributed by atoms with Crippen LogP contribution in [-0.4, -0.2) is 22.8 Å². The molecule has 0 aliphatic carbocycles. The summed E-state index contributed by atoms with van der Waals surface area (Å²) in [5.41, 5.74) is 4.10. The van der Waals surface area contributed by atoms with Crippen molar-refractivity contribution in [2.45, 2.75) is 18.3 Å². The molecule has 0 radical (unpaired) electrons. The Labute approximate surface area is 157 Å². The number of benzene rings is 3. The van der Waals surface area contributed by atoms with E-state index in [1.165, 1.54) is 5.56 Å². The number of carbonyl (C=O) groups is 1. The SMILES string of the molecule is O=C(O)Cc1ccc([C@@H]2c3ccc(O)cc3OC[C@@H]2c2ccccc2)cc1. The smallest absolute Gasteiger partial charge is 0.307 e. The van der Waals surface area contributed by atoms with E-state index in [0.717, 1.165) is 16.7 Å². The topological polar surface area (TPSA) is 66.8 Å². The average Bonchev–Trinajstić information content (AvgIpc) is 2.68. The number of hydrogen-bond donors (Lipinski definition) is 2. The lowest BCUT2D eigenvalue weighted by atomic mass is 9.75. The minimum Gasteiger partial charge on any atom is -0.508 e. The van der Waals surface area contributed by atoms with Crippen molar-refractivity contribution in [3.05, 3.63) is 95.1 Å². The molecule has 4 rings (SSSR count). The highest BCUT2D eigenvalue weighted by atomic mass is 16.5. The summed E-state index contributed by atoms with van der Waals surface area (Å²) in [5.74, 6) is 0.241. The molecule has 0 unspecified atom stereocenters. The molecule has 0 saturated heterocycles. The van der Waals surface area contributed by atoms with Gasteiger partial charge >= 0.3 is 5.97 Å². The van der Waals surface area contributed by atoms with Crippen LogP contribution in [0.5, 0.6) is 11.5 Å². The van der Waals surface area contributed by atoms with Crippen molar-refractivity contribution < 1.29 is 19.7 Å². The van der Waals surface area contributed by atoms with Gasteiger partial charge in [0.1, 0.15) is 11.5 Å². The van der Waals surface area contributed by atoms with Crippen molar-refractivity contribution in [3.63, 3.8) is 0 Å². The average molecular weight is 360 g/mol. The normalized spacial score (nSPS) is 18.4. The van der Waals surface area contributed by atoms with Gasteiger partial charge in [-0.3, -0.25) is 4.79 Å². The van der Waals surface area contributed by atoms with Crippen molar-refractivity contribution in [2.24, 2.45) is 0 Å². The summed E-state index contributed by atoms with van der Waals surface area (Å²) in [6.07, 6.45) is 0.0145. The third-order valence-electron chi connectivity index (χ3n) is 5.07. The van der Waals surface area contributed by atoms with E-state index in [1.54, 1.807) is 12.1 Å². The number of phenolic OH excluding ortho intramolecular Hbond substituents is 1. The Balaban J connectivity index is 1.78. The molecule has 0 aromatic heterocycles. The molecule has 0 bridgehead atoms. The van der Waals surface area contributed by atoms with E-state index < -0.39 is 5.97 Å². The number of aliphatic carboxylic acids is 1. The second-order valence-corrected chi connectivity index (χ2v) is 6.84. The van der Waals surface area contributed by atoms with Gasteiger partial charge in [-0.2, -0.15) is 0 Å². The van der Waals surface area contributed by atoms with Gasteiger partial charge in [0.25, 0.3) is 0 Å². The van der Waals surface area contributed by atoms with Gasteiger partial charge in [0.2, 0.25) is 0 Å². The van der Waals surface area contributed by atoms with E-state index in [9.17, 15) is 9.90 Å². The highest BCUT2D eigenvalue weighted by molar-refractivity contribution is 5.70. The first-order valence-corrected chi connectivity index (χ1v) is 8.93. The highest BCUT2D eigenvalue weighted by Crippen LogP contribution is 2.46. The van der Waals surface area contributed by atoms with Crippen LogP contribution in [0.25, 0.3) is 0 Å². The first kappa shape index (κ1) is 17.2. The zero-order chi connectivity index (χ0) is 18.8. The number of ether oxygens (including phenoxy) is 1. The lowest BCUT2D eigenvalue weighted by molar-refractivity contribution is -0.136. The molecular formula is C23H20O4. The minimum absolute atomic E-state index is 0.0145. The predicted molar refractivity (Wildman–Crippen MR) is 102 cm³/mol. The van der Waals surface area contributed by atoms with Gasteiger partial charge in [0, 0.05) is 23.5 Å². The molecular weight excluding hydrogens is 340 g/mol. The summed E-state index contributed by atoms with van der Waals surface area (Å²) >= 11 is 0. The Morgan fingerprint density at radius 3 is 2.41 bits per heavy atom. The number of carboxylic acid groups (broad SMARTS) is 1. The third-order valence-corrected chi connectivity index (χ3v) is 5.07. The van der Waals surface area contributed by atoms with Gasteiger partial charge in [0.15, 0.2) is 0 Å². The summed E-state index contributed by atoms with van der Waals surface area (Å²) in [5, 5.41) is 18.8. The summed E-state index contributed by atoms with van der Waals surface area (Å²) in [6, 6.07) is 23.2. The maximum absolute atomic E-state index is 10.9. The van der Waals surface area contributed by atoms with Crippen LogP contribution in [0.4, 0.5) is 0 Å². The Bertz CT molecular complexity index is 948. The molecule has 0 spiro atoms. The lowest BCUT2D eigenvalue weighted by Gasteiger charge is -2.34. The van der Waals surface area contributed by atoms with E-state index in [-0.39, 0.29) is 24.0 Å². The quantitative estimate of drug-likeness (QED) is 0.727. The second-order valence-electron chi connectivity index (χ2n) is 6.84. The molecule has 3 aromatic carbocycles. The molecule has 1 aliphatic heterocycles.